The molecule has 0 unspecified atom stereocenters. The second kappa shape index (κ2) is 5.49. The Bertz CT molecular complexity index is 638. The molecular weight excluding hydrogens is 289 g/mol. The molecule has 0 bridgehead atoms. The molecule has 90 valence electrons. The summed E-state index contributed by atoms with van der Waals surface area (Å²) >= 11 is 13.2. The molecule has 2 aromatic rings. The van der Waals surface area contributed by atoms with Gasteiger partial charge in [0.05, 0.1) is 22.5 Å². The van der Waals surface area contributed by atoms with Crippen LogP contribution < -0.4 is 5.73 Å². The quantitative estimate of drug-likeness (QED) is 0.910. The Morgan fingerprint density at radius 3 is 2.78 bits per heavy atom. The zero-order valence-electron chi connectivity index (χ0n) is 9.02. The minimum Gasteiger partial charge on any atom is -0.397 e. The van der Waals surface area contributed by atoms with Crippen molar-refractivity contribution in [3.63, 3.8) is 0 Å². The van der Waals surface area contributed by atoms with Crippen LogP contribution >= 0.6 is 35.0 Å². The number of benzene rings is 1. The van der Waals surface area contributed by atoms with Gasteiger partial charge in [-0.2, -0.15) is 5.26 Å². The molecule has 1 aromatic carbocycles. The fourth-order valence-corrected chi connectivity index (χ4v) is 2.64. The molecule has 2 rings (SSSR count). The van der Waals surface area contributed by atoms with E-state index in [0.717, 1.165) is 4.90 Å². The molecule has 18 heavy (non-hydrogen) atoms. The summed E-state index contributed by atoms with van der Waals surface area (Å²) in [4.78, 5) is 4.88. The third-order valence-electron chi connectivity index (χ3n) is 2.09. The molecule has 0 aliphatic heterocycles. The molecule has 1 aromatic heterocycles. The molecule has 0 amide bonds. The summed E-state index contributed by atoms with van der Waals surface area (Å²) in [5, 5.41) is 10.7. The number of hydrogen-bond donors (Lipinski definition) is 1. The Labute approximate surface area is 119 Å². The van der Waals surface area contributed by atoms with Crippen molar-refractivity contribution in [1.82, 2.24) is 4.98 Å². The first-order valence-corrected chi connectivity index (χ1v) is 6.46. The second-order valence-electron chi connectivity index (χ2n) is 3.41. The smallest absolute Gasteiger partial charge is 0.119 e. The Morgan fingerprint density at radius 2 is 2.06 bits per heavy atom. The molecular formula is C12H7Cl2N3S. The van der Waals surface area contributed by atoms with Crippen molar-refractivity contribution in [2.45, 2.75) is 9.92 Å². The fourth-order valence-electron chi connectivity index (χ4n) is 1.29. The molecule has 2 N–H and O–H groups in total. The molecule has 0 fully saturated rings. The van der Waals surface area contributed by atoms with Crippen LogP contribution in [-0.4, -0.2) is 4.98 Å². The Kier molecular flexibility index (Phi) is 3.97. The van der Waals surface area contributed by atoms with Gasteiger partial charge in [-0.1, -0.05) is 35.0 Å². The third-order valence-corrected chi connectivity index (χ3v) is 3.85. The standard InChI is InChI=1S/C12H7Cl2N3S/c13-8-1-2-10(14)11(4-8)18-12-7(5-15)3-9(16)6-17-12/h1-4,6H,16H2. The number of nitrogen functional groups attached to an aromatic ring is 1. The van der Waals surface area contributed by atoms with Crippen LogP contribution in [0.4, 0.5) is 5.69 Å². The van der Waals surface area contributed by atoms with Crippen molar-refractivity contribution in [3.8, 4) is 6.07 Å². The summed E-state index contributed by atoms with van der Waals surface area (Å²) in [6.45, 7) is 0. The molecule has 0 radical (unpaired) electrons. The van der Waals surface area contributed by atoms with E-state index in [2.05, 4.69) is 11.1 Å². The molecule has 0 aliphatic rings. The average molecular weight is 296 g/mol. The fraction of sp³-hybridized carbons (Fsp3) is 0. The number of hydrogen-bond acceptors (Lipinski definition) is 4. The van der Waals surface area contributed by atoms with Crippen molar-refractivity contribution in [2.75, 3.05) is 5.73 Å². The molecule has 3 nitrogen and oxygen atoms in total. The van der Waals surface area contributed by atoms with Gasteiger partial charge in [0.25, 0.3) is 0 Å². The summed E-state index contributed by atoms with van der Waals surface area (Å²) < 4.78 is 0. The summed E-state index contributed by atoms with van der Waals surface area (Å²) in [6, 6.07) is 8.77. The van der Waals surface area contributed by atoms with Crippen molar-refractivity contribution in [1.29, 1.82) is 5.26 Å². The number of nitrogens with two attached hydrogens (primary N) is 1. The zero-order chi connectivity index (χ0) is 13.1. The topological polar surface area (TPSA) is 62.7 Å². The van der Waals surface area contributed by atoms with Crippen molar-refractivity contribution < 1.29 is 0 Å². The van der Waals surface area contributed by atoms with Crippen molar-refractivity contribution >= 4 is 40.7 Å². The molecule has 0 spiro atoms. The maximum atomic E-state index is 9.03. The third kappa shape index (κ3) is 2.88. The lowest BCUT2D eigenvalue weighted by Crippen LogP contribution is -1.92. The van der Waals surface area contributed by atoms with Gasteiger partial charge in [0.1, 0.15) is 11.1 Å². The van der Waals surface area contributed by atoms with E-state index in [0.29, 0.717) is 26.3 Å². The van der Waals surface area contributed by atoms with Crippen LogP contribution in [0.3, 0.4) is 0 Å². The van der Waals surface area contributed by atoms with Gasteiger partial charge in [-0.15, -0.1) is 0 Å². The first-order chi connectivity index (χ1) is 8.60. The summed E-state index contributed by atoms with van der Waals surface area (Å²) in [5.74, 6) is 0. The van der Waals surface area contributed by atoms with E-state index in [1.807, 2.05) is 0 Å². The van der Waals surface area contributed by atoms with E-state index in [1.54, 1.807) is 24.3 Å². The highest BCUT2D eigenvalue weighted by Gasteiger charge is 2.09. The van der Waals surface area contributed by atoms with E-state index in [1.165, 1.54) is 18.0 Å². The zero-order valence-corrected chi connectivity index (χ0v) is 11.4. The first kappa shape index (κ1) is 13.0. The predicted molar refractivity (Wildman–Crippen MR) is 73.9 cm³/mol. The van der Waals surface area contributed by atoms with Crippen LogP contribution in [0.5, 0.6) is 0 Å². The Morgan fingerprint density at radius 1 is 1.28 bits per heavy atom. The number of rotatable bonds is 2. The predicted octanol–water partition coefficient (Wildman–Crippen LogP) is 3.99. The van der Waals surface area contributed by atoms with E-state index in [-0.39, 0.29) is 0 Å². The normalized spacial score (nSPS) is 10.1. The maximum absolute atomic E-state index is 9.03. The largest absolute Gasteiger partial charge is 0.397 e. The minimum absolute atomic E-state index is 0.413. The van der Waals surface area contributed by atoms with Crippen LogP contribution in [0.25, 0.3) is 0 Å². The number of nitriles is 1. The summed E-state index contributed by atoms with van der Waals surface area (Å²) in [5.41, 5.74) is 6.45. The lowest BCUT2D eigenvalue weighted by atomic mass is 10.3. The minimum atomic E-state index is 0.413. The average Bonchev–Trinajstić information content (AvgIpc) is 2.36. The van der Waals surface area contributed by atoms with Gasteiger partial charge < -0.3 is 5.73 Å². The highest BCUT2D eigenvalue weighted by molar-refractivity contribution is 7.99. The molecule has 0 saturated heterocycles. The van der Waals surface area contributed by atoms with Crippen LogP contribution in [0, 0.1) is 11.3 Å². The van der Waals surface area contributed by atoms with Gasteiger partial charge in [0.15, 0.2) is 0 Å². The van der Waals surface area contributed by atoms with E-state index >= 15 is 0 Å². The van der Waals surface area contributed by atoms with Gasteiger partial charge in [0, 0.05) is 9.92 Å². The number of nitrogens with zero attached hydrogens (tertiary/aromatic N) is 2. The van der Waals surface area contributed by atoms with Crippen LogP contribution in [0.2, 0.25) is 10.0 Å². The monoisotopic (exact) mass is 295 g/mol. The lowest BCUT2D eigenvalue weighted by molar-refractivity contribution is 1.11. The molecule has 0 saturated carbocycles. The number of pyridine rings is 1. The lowest BCUT2D eigenvalue weighted by Gasteiger charge is -2.06. The number of halogens is 2. The van der Waals surface area contributed by atoms with Crippen molar-refractivity contribution in [3.05, 3.63) is 46.1 Å². The van der Waals surface area contributed by atoms with Gasteiger partial charge in [-0.05, 0) is 24.3 Å². The second-order valence-corrected chi connectivity index (χ2v) is 5.28. The van der Waals surface area contributed by atoms with E-state index in [9.17, 15) is 0 Å². The van der Waals surface area contributed by atoms with Gasteiger partial charge in [-0.3, -0.25) is 0 Å². The molecule has 6 heteroatoms. The first-order valence-electron chi connectivity index (χ1n) is 4.88. The molecule has 1 heterocycles. The van der Waals surface area contributed by atoms with Crippen LogP contribution in [0.15, 0.2) is 40.4 Å². The van der Waals surface area contributed by atoms with E-state index < -0.39 is 0 Å². The van der Waals surface area contributed by atoms with Gasteiger partial charge in [0.2, 0.25) is 0 Å². The van der Waals surface area contributed by atoms with Crippen LogP contribution in [0.1, 0.15) is 5.56 Å². The summed E-state index contributed by atoms with van der Waals surface area (Å²) in [7, 11) is 0. The van der Waals surface area contributed by atoms with Gasteiger partial charge >= 0.3 is 0 Å². The molecule has 0 atom stereocenters. The Hall–Kier alpha value is -1.41. The van der Waals surface area contributed by atoms with Crippen LogP contribution in [-0.2, 0) is 0 Å². The van der Waals surface area contributed by atoms with Gasteiger partial charge in [-0.25, -0.2) is 4.98 Å². The van der Waals surface area contributed by atoms with Crippen molar-refractivity contribution in [2.24, 2.45) is 0 Å². The maximum Gasteiger partial charge on any atom is 0.119 e. The van der Waals surface area contributed by atoms with E-state index in [4.69, 9.17) is 34.2 Å². The molecule has 0 aliphatic carbocycles. The highest BCUT2D eigenvalue weighted by atomic mass is 35.5. The number of anilines is 1. The Balaban J connectivity index is 2.40. The SMILES string of the molecule is N#Cc1cc(N)cnc1Sc1cc(Cl)ccc1Cl. The summed E-state index contributed by atoms with van der Waals surface area (Å²) in [6.07, 6.45) is 1.50. The number of aromatic nitrogens is 1. The highest BCUT2D eigenvalue weighted by Crippen LogP contribution is 2.35.